The molecule has 5 nitrogen and oxygen atoms in total. The molecular formula is C17H22N4OS2. The number of rotatable bonds is 7. The summed E-state index contributed by atoms with van der Waals surface area (Å²) in [6.07, 6.45) is 8.24. The first-order chi connectivity index (χ1) is 11.7. The molecule has 0 spiro atoms. The van der Waals surface area contributed by atoms with Gasteiger partial charge in [0.25, 0.3) is 0 Å². The van der Waals surface area contributed by atoms with Crippen molar-refractivity contribution in [2.45, 2.75) is 49.4 Å². The fraction of sp³-hybridized carbons (Fsp3) is 0.471. The van der Waals surface area contributed by atoms with Gasteiger partial charge < -0.3 is 5.32 Å². The quantitative estimate of drug-likeness (QED) is 0.576. The van der Waals surface area contributed by atoms with E-state index >= 15 is 0 Å². The van der Waals surface area contributed by atoms with Crippen LogP contribution in [0.25, 0.3) is 10.7 Å². The van der Waals surface area contributed by atoms with Crippen molar-refractivity contribution in [1.82, 2.24) is 20.5 Å². The van der Waals surface area contributed by atoms with Crippen molar-refractivity contribution in [2.24, 2.45) is 0 Å². The second kappa shape index (κ2) is 8.48. The molecule has 2 aromatic heterocycles. The number of allylic oxidation sites excluding steroid dienone is 1. The Morgan fingerprint density at radius 1 is 1.50 bits per heavy atom. The Labute approximate surface area is 150 Å². The van der Waals surface area contributed by atoms with E-state index < -0.39 is 0 Å². The molecule has 0 bridgehead atoms. The molecule has 1 unspecified atom stereocenters. The van der Waals surface area contributed by atoms with Crippen molar-refractivity contribution in [3.63, 3.8) is 0 Å². The molecule has 1 aliphatic carbocycles. The molecule has 7 heteroatoms. The predicted molar refractivity (Wildman–Crippen MR) is 99.2 cm³/mol. The molecule has 0 fully saturated rings. The number of aromatic nitrogens is 3. The monoisotopic (exact) mass is 362 g/mol. The van der Waals surface area contributed by atoms with E-state index in [1.54, 1.807) is 11.3 Å². The second-order valence-corrected chi connectivity index (χ2v) is 8.11. The van der Waals surface area contributed by atoms with Crippen LogP contribution >= 0.6 is 23.1 Å². The van der Waals surface area contributed by atoms with Crippen LogP contribution in [0.2, 0.25) is 0 Å². The Bertz CT molecular complexity index is 693. The molecule has 1 amide bonds. The van der Waals surface area contributed by atoms with Crippen LogP contribution in [0.4, 0.5) is 0 Å². The summed E-state index contributed by atoms with van der Waals surface area (Å²) in [7, 11) is 0. The molecule has 128 valence electrons. The molecule has 1 aliphatic rings. The number of hydrogen-bond acceptors (Lipinski definition) is 5. The Morgan fingerprint density at radius 3 is 3.17 bits per heavy atom. The van der Waals surface area contributed by atoms with Crippen LogP contribution in [0.1, 0.15) is 39.0 Å². The number of aromatic amines is 1. The molecule has 0 radical (unpaired) electrons. The van der Waals surface area contributed by atoms with Gasteiger partial charge in [0.2, 0.25) is 11.1 Å². The third-order valence-electron chi connectivity index (χ3n) is 4.00. The summed E-state index contributed by atoms with van der Waals surface area (Å²) in [5.41, 5.74) is 1.48. The van der Waals surface area contributed by atoms with Crippen LogP contribution in [-0.4, -0.2) is 32.9 Å². The van der Waals surface area contributed by atoms with Gasteiger partial charge in [0, 0.05) is 6.54 Å². The summed E-state index contributed by atoms with van der Waals surface area (Å²) >= 11 is 2.99. The van der Waals surface area contributed by atoms with Gasteiger partial charge in [0.15, 0.2) is 5.82 Å². The van der Waals surface area contributed by atoms with Crippen LogP contribution in [0.15, 0.2) is 34.3 Å². The standard InChI is InChI=1S/C17H22N4OS2/c1-12(16(22)18-10-9-13-6-3-2-4-7-13)24-17-19-15(20-21-17)14-8-5-11-23-14/h5-6,8,11-12H,2-4,7,9-10H2,1H3,(H,18,22)(H,19,20,21). The minimum atomic E-state index is -0.211. The maximum atomic E-state index is 12.2. The lowest BCUT2D eigenvalue weighted by atomic mass is 9.97. The fourth-order valence-electron chi connectivity index (χ4n) is 2.66. The molecule has 2 aromatic rings. The lowest BCUT2D eigenvalue weighted by Gasteiger charge is -2.14. The summed E-state index contributed by atoms with van der Waals surface area (Å²) in [5.74, 6) is 0.795. The summed E-state index contributed by atoms with van der Waals surface area (Å²) in [6.45, 7) is 2.60. The molecular weight excluding hydrogens is 340 g/mol. The van der Waals surface area contributed by atoms with Crippen LogP contribution < -0.4 is 5.32 Å². The SMILES string of the molecule is CC(Sc1n[nH]c(-c2cccs2)n1)C(=O)NCCC1=CCCCC1. The summed E-state index contributed by atoms with van der Waals surface area (Å²) in [6, 6.07) is 3.98. The highest BCUT2D eigenvalue weighted by Crippen LogP contribution is 2.25. The Kier molecular flexibility index (Phi) is 6.09. The Balaban J connectivity index is 1.45. The fourth-order valence-corrected chi connectivity index (χ4v) is 4.07. The van der Waals surface area contributed by atoms with Gasteiger partial charge >= 0.3 is 0 Å². The van der Waals surface area contributed by atoms with Crippen LogP contribution in [0, 0.1) is 0 Å². The first-order valence-electron chi connectivity index (χ1n) is 8.31. The number of carbonyl (C=O) groups excluding carboxylic acids is 1. The third kappa shape index (κ3) is 4.70. The number of amides is 1. The van der Waals surface area contributed by atoms with E-state index in [4.69, 9.17) is 0 Å². The van der Waals surface area contributed by atoms with Crippen molar-refractivity contribution in [3.05, 3.63) is 29.2 Å². The zero-order valence-electron chi connectivity index (χ0n) is 13.7. The highest BCUT2D eigenvalue weighted by molar-refractivity contribution is 8.00. The number of thioether (sulfide) groups is 1. The third-order valence-corrected chi connectivity index (χ3v) is 5.84. The molecule has 0 saturated heterocycles. The summed E-state index contributed by atoms with van der Waals surface area (Å²) in [5, 5.41) is 12.5. The van der Waals surface area contributed by atoms with Crippen molar-refractivity contribution >= 4 is 29.0 Å². The van der Waals surface area contributed by atoms with Crippen molar-refractivity contribution in [2.75, 3.05) is 6.54 Å². The van der Waals surface area contributed by atoms with Crippen molar-refractivity contribution in [3.8, 4) is 10.7 Å². The molecule has 2 N–H and O–H groups in total. The minimum Gasteiger partial charge on any atom is -0.355 e. The minimum absolute atomic E-state index is 0.0406. The van der Waals surface area contributed by atoms with E-state index in [2.05, 4.69) is 26.6 Å². The number of nitrogens with one attached hydrogen (secondary N) is 2. The van der Waals surface area contributed by atoms with Crippen molar-refractivity contribution in [1.29, 1.82) is 0 Å². The topological polar surface area (TPSA) is 70.7 Å². The Hall–Kier alpha value is -1.60. The first kappa shape index (κ1) is 17.2. The lowest BCUT2D eigenvalue weighted by Crippen LogP contribution is -2.32. The zero-order valence-corrected chi connectivity index (χ0v) is 15.4. The molecule has 3 rings (SSSR count). The van der Waals surface area contributed by atoms with Gasteiger partial charge in [-0.15, -0.1) is 16.4 Å². The van der Waals surface area contributed by atoms with Gasteiger partial charge in [-0.3, -0.25) is 9.89 Å². The average Bonchev–Trinajstić information content (AvgIpc) is 3.27. The van der Waals surface area contributed by atoms with Gasteiger partial charge in [-0.25, -0.2) is 4.98 Å². The van der Waals surface area contributed by atoms with E-state index in [-0.39, 0.29) is 11.2 Å². The molecule has 0 saturated carbocycles. The van der Waals surface area contributed by atoms with E-state index in [9.17, 15) is 4.79 Å². The molecule has 24 heavy (non-hydrogen) atoms. The summed E-state index contributed by atoms with van der Waals surface area (Å²) in [4.78, 5) is 17.7. The molecule has 1 atom stereocenters. The maximum Gasteiger partial charge on any atom is 0.233 e. The van der Waals surface area contributed by atoms with E-state index in [1.807, 2.05) is 24.4 Å². The molecule has 0 aromatic carbocycles. The highest BCUT2D eigenvalue weighted by Gasteiger charge is 2.17. The highest BCUT2D eigenvalue weighted by atomic mass is 32.2. The number of nitrogens with zero attached hydrogens (tertiary/aromatic N) is 2. The van der Waals surface area contributed by atoms with Gasteiger partial charge in [0.05, 0.1) is 10.1 Å². The van der Waals surface area contributed by atoms with Crippen molar-refractivity contribution < 1.29 is 4.79 Å². The maximum absolute atomic E-state index is 12.2. The van der Waals surface area contributed by atoms with Crippen LogP contribution in [0.5, 0.6) is 0 Å². The smallest absolute Gasteiger partial charge is 0.233 e. The predicted octanol–water partition coefficient (Wildman–Crippen LogP) is 4.02. The van der Waals surface area contributed by atoms with E-state index in [0.717, 1.165) is 17.1 Å². The largest absolute Gasteiger partial charge is 0.355 e. The van der Waals surface area contributed by atoms with E-state index in [1.165, 1.54) is 43.0 Å². The van der Waals surface area contributed by atoms with Crippen LogP contribution in [-0.2, 0) is 4.79 Å². The van der Waals surface area contributed by atoms with Gasteiger partial charge in [0.1, 0.15) is 0 Å². The van der Waals surface area contributed by atoms with E-state index in [0.29, 0.717) is 11.7 Å². The van der Waals surface area contributed by atoms with Crippen LogP contribution in [0.3, 0.4) is 0 Å². The zero-order chi connectivity index (χ0) is 16.8. The number of thiophene rings is 1. The number of carbonyl (C=O) groups is 1. The summed E-state index contributed by atoms with van der Waals surface area (Å²) < 4.78 is 0. The molecule has 0 aliphatic heterocycles. The number of H-pyrrole nitrogens is 1. The van der Waals surface area contributed by atoms with Gasteiger partial charge in [-0.2, -0.15) is 0 Å². The molecule has 2 heterocycles. The number of hydrogen-bond donors (Lipinski definition) is 2. The normalized spacial score (nSPS) is 15.8. The average molecular weight is 363 g/mol. The lowest BCUT2D eigenvalue weighted by molar-refractivity contribution is -0.120. The van der Waals surface area contributed by atoms with Gasteiger partial charge in [-0.1, -0.05) is 29.5 Å². The second-order valence-electron chi connectivity index (χ2n) is 5.85. The Morgan fingerprint density at radius 2 is 2.42 bits per heavy atom. The first-order valence-corrected chi connectivity index (χ1v) is 10.1. The van der Waals surface area contributed by atoms with Gasteiger partial charge in [-0.05, 0) is 50.5 Å².